The van der Waals surface area contributed by atoms with E-state index < -0.39 is 0 Å². The van der Waals surface area contributed by atoms with Gasteiger partial charge in [-0.05, 0) is 61.7 Å². The van der Waals surface area contributed by atoms with Crippen LogP contribution in [0.5, 0.6) is 17.2 Å². The molecular weight excluding hydrogens is 340 g/mol. The van der Waals surface area contributed by atoms with Gasteiger partial charge in [0.2, 0.25) is 0 Å². The van der Waals surface area contributed by atoms with Crippen LogP contribution in [0.4, 0.5) is 0 Å². The molecule has 0 amide bonds. The molecule has 1 aliphatic rings. The highest BCUT2D eigenvalue weighted by molar-refractivity contribution is 5.87. The first kappa shape index (κ1) is 17.1. The molecule has 0 bridgehead atoms. The number of rotatable bonds is 1. The molecule has 3 N–H and O–H groups in total. The maximum absolute atomic E-state index is 10.0. The molecule has 0 unspecified atom stereocenters. The topological polar surface area (TPSA) is 72.0 Å². The smallest absolute Gasteiger partial charge is 0.361 e. The van der Waals surface area contributed by atoms with Crippen LogP contribution in [0.1, 0.15) is 29.7 Å². The molecule has 25 heavy (non-hydrogen) atoms. The van der Waals surface area contributed by atoms with Crippen molar-refractivity contribution in [2.24, 2.45) is 0 Å². The maximum atomic E-state index is 10.0. The van der Waals surface area contributed by atoms with E-state index in [1.165, 1.54) is 18.2 Å². The van der Waals surface area contributed by atoms with Crippen LogP contribution < -0.4 is 12.4 Å². The van der Waals surface area contributed by atoms with Gasteiger partial charge < -0.3 is 27.7 Å². The van der Waals surface area contributed by atoms with Crippen molar-refractivity contribution >= 4 is 22.6 Å². The van der Waals surface area contributed by atoms with Crippen molar-refractivity contribution in [3.63, 3.8) is 0 Å². The monoisotopic (exact) mass is 356 g/mol. The van der Waals surface area contributed by atoms with Crippen molar-refractivity contribution < 1.29 is 32.1 Å². The summed E-state index contributed by atoms with van der Waals surface area (Å²) in [4.78, 5) is 0. The van der Waals surface area contributed by atoms with Gasteiger partial charge in [-0.1, -0.05) is 0 Å². The van der Waals surface area contributed by atoms with E-state index in [2.05, 4.69) is 0 Å². The average molecular weight is 357 g/mol. The average Bonchev–Trinajstić information content (AvgIpc) is 2.57. The lowest BCUT2D eigenvalue weighted by Crippen LogP contribution is -3.00. The lowest BCUT2D eigenvalue weighted by Gasteiger charge is -2.11. The molecule has 1 aliphatic carbocycles. The molecule has 0 fully saturated rings. The molecule has 128 valence electrons. The lowest BCUT2D eigenvalue weighted by atomic mass is 9.90. The number of halogens is 1. The van der Waals surface area contributed by atoms with Crippen molar-refractivity contribution in [2.45, 2.75) is 19.3 Å². The van der Waals surface area contributed by atoms with E-state index in [1.54, 1.807) is 18.2 Å². The summed E-state index contributed by atoms with van der Waals surface area (Å²) in [6, 6.07) is 11.6. The Bertz CT molecular complexity index is 979. The summed E-state index contributed by atoms with van der Waals surface area (Å²) in [6.07, 6.45) is 4.60. The summed E-state index contributed by atoms with van der Waals surface area (Å²) in [7, 11) is 0. The quantitative estimate of drug-likeness (QED) is 0.458. The number of hydrogen-bond acceptors (Lipinski definition) is 3. The van der Waals surface area contributed by atoms with Crippen LogP contribution in [0, 0.1) is 0 Å². The van der Waals surface area contributed by atoms with Gasteiger partial charge in [0.15, 0.2) is 0 Å². The predicted molar refractivity (Wildman–Crippen MR) is 92.9 cm³/mol. The Morgan fingerprint density at radius 1 is 0.880 bits per heavy atom. The fraction of sp³-hybridized carbons (Fsp3) is 0.150. The molecule has 0 radical (unpaired) electrons. The van der Waals surface area contributed by atoms with E-state index in [0.29, 0.717) is 11.1 Å². The lowest BCUT2D eigenvalue weighted by molar-refractivity contribution is -0.00000819. The second-order valence-corrected chi connectivity index (χ2v) is 6.09. The minimum Gasteiger partial charge on any atom is -1.00 e. The number of aryl methyl sites for hydroxylation is 1. The molecule has 0 spiro atoms. The Morgan fingerprint density at radius 3 is 2.48 bits per heavy atom. The Balaban J connectivity index is 0.00000182. The molecular formula is C20H17ClO4. The van der Waals surface area contributed by atoms with Gasteiger partial charge in [-0.15, -0.1) is 0 Å². The van der Waals surface area contributed by atoms with E-state index >= 15 is 0 Å². The molecule has 4 nitrogen and oxygen atoms in total. The van der Waals surface area contributed by atoms with Crippen LogP contribution in [-0.4, -0.2) is 15.3 Å². The van der Waals surface area contributed by atoms with Crippen LogP contribution in [-0.2, 0) is 6.42 Å². The van der Waals surface area contributed by atoms with Crippen molar-refractivity contribution in [2.75, 3.05) is 0 Å². The van der Waals surface area contributed by atoms with E-state index in [1.807, 2.05) is 12.1 Å². The predicted octanol–water partition coefficient (Wildman–Crippen LogP) is 1.71. The zero-order valence-electron chi connectivity index (χ0n) is 13.4. The third-order valence-corrected chi connectivity index (χ3v) is 4.35. The molecule has 4 rings (SSSR count). The highest BCUT2D eigenvalue weighted by atomic mass is 35.5. The molecule has 1 heterocycles. The van der Waals surface area contributed by atoms with Gasteiger partial charge in [0.25, 0.3) is 0 Å². The first-order chi connectivity index (χ1) is 11.6. The van der Waals surface area contributed by atoms with Gasteiger partial charge in [-0.3, -0.25) is 0 Å². The number of fused-ring (bicyclic) bond motifs is 2. The second kappa shape index (κ2) is 6.65. The Kier molecular flexibility index (Phi) is 4.55. The SMILES string of the molecule is Oc1ccc(O)c(C=C2CCCc3cc4cc(O)ccc4[o+]c32)c1.[Cl-]. The van der Waals surface area contributed by atoms with Crippen LogP contribution >= 0.6 is 0 Å². The zero-order chi connectivity index (χ0) is 16.7. The van der Waals surface area contributed by atoms with Gasteiger partial charge in [0, 0.05) is 11.6 Å². The zero-order valence-corrected chi connectivity index (χ0v) is 14.1. The number of benzene rings is 2. The van der Waals surface area contributed by atoms with E-state index in [-0.39, 0.29) is 29.7 Å². The molecule has 0 saturated carbocycles. The minimum atomic E-state index is 0. The second-order valence-electron chi connectivity index (χ2n) is 6.09. The van der Waals surface area contributed by atoms with Crippen molar-refractivity contribution in [3.8, 4) is 17.2 Å². The van der Waals surface area contributed by atoms with E-state index in [9.17, 15) is 15.3 Å². The molecule has 2 aromatic carbocycles. The number of phenols is 3. The number of allylic oxidation sites excluding steroid dienone is 1. The largest absolute Gasteiger partial charge is 1.00 e. The molecule has 0 atom stereocenters. The van der Waals surface area contributed by atoms with Crippen LogP contribution in [0.25, 0.3) is 22.6 Å². The highest BCUT2D eigenvalue weighted by Crippen LogP contribution is 2.37. The summed E-state index contributed by atoms with van der Waals surface area (Å²) < 4.78 is 6.07. The van der Waals surface area contributed by atoms with Gasteiger partial charge in [0.05, 0.1) is 16.5 Å². The van der Waals surface area contributed by atoms with Gasteiger partial charge >= 0.3 is 11.3 Å². The summed E-state index contributed by atoms with van der Waals surface area (Å²) in [6.45, 7) is 0. The van der Waals surface area contributed by atoms with Crippen LogP contribution in [0.2, 0.25) is 0 Å². The first-order valence-corrected chi connectivity index (χ1v) is 7.92. The first-order valence-electron chi connectivity index (χ1n) is 7.92. The molecule has 0 aliphatic heterocycles. The van der Waals surface area contributed by atoms with E-state index in [4.69, 9.17) is 4.42 Å². The van der Waals surface area contributed by atoms with Gasteiger partial charge in [-0.2, -0.15) is 0 Å². The number of aromatic hydroxyl groups is 3. The summed E-state index contributed by atoms with van der Waals surface area (Å²) in [5.74, 6) is 1.26. The van der Waals surface area contributed by atoms with Crippen LogP contribution in [0.3, 0.4) is 0 Å². The maximum Gasteiger partial charge on any atom is 0.361 e. The number of phenolic OH excluding ortho intramolecular Hbond substituents is 3. The third kappa shape index (κ3) is 3.26. The molecule has 0 saturated heterocycles. The van der Waals surface area contributed by atoms with E-state index in [0.717, 1.165) is 41.5 Å². The molecule has 5 heteroatoms. The van der Waals surface area contributed by atoms with Crippen molar-refractivity contribution in [1.82, 2.24) is 0 Å². The fourth-order valence-electron chi connectivity index (χ4n) is 3.19. The Labute approximate surface area is 151 Å². The normalized spacial score (nSPS) is 15.0. The standard InChI is InChI=1S/C20H16O4.ClH/c21-16-4-6-18(23)14(10-16)8-12-2-1-3-13-9-15-11-17(22)5-7-19(15)24-20(12)13;/h4-11H,1-3H2,(H2-,21,22,23);1H. The fourth-order valence-corrected chi connectivity index (χ4v) is 3.19. The Hall–Kier alpha value is -2.72. The summed E-state index contributed by atoms with van der Waals surface area (Å²) in [5, 5.41) is 30.1. The third-order valence-electron chi connectivity index (χ3n) is 4.35. The summed E-state index contributed by atoms with van der Waals surface area (Å²) >= 11 is 0. The van der Waals surface area contributed by atoms with Crippen LogP contribution in [0.15, 0.2) is 46.9 Å². The number of hydrogen-bond donors (Lipinski definition) is 3. The van der Waals surface area contributed by atoms with Crippen molar-refractivity contribution in [3.05, 3.63) is 59.4 Å². The van der Waals surface area contributed by atoms with Gasteiger partial charge in [0.1, 0.15) is 17.2 Å². The minimum absolute atomic E-state index is 0. The van der Waals surface area contributed by atoms with Gasteiger partial charge in [-0.25, -0.2) is 4.42 Å². The summed E-state index contributed by atoms with van der Waals surface area (Å²) in [5.41, 5.74) is 3.36. The van der Waals surface area contributed by atoms with Crippen molar-refractivity contribution in [1.29, 1.82) is 0 Å². The Morgan fingerprint density at radius 2 is 1.64 bits per heavy atom. The molecule has 1 aromatic heterocycles. The highest BCUT2D eigenvalue weighted by Gasteiger charge is 2.27. The molecule has 3 aromatic rings.